The van der Waals surface area contributed by atoms with E-state index in [1.807, 2.05) is 26.0 Å². The number of amides is 1. The Morgan fingerprint density at radius 3 is 2.13 bits per heavy atom. The molecule has 0 saturated carbocycles. The molecule has 0 aliphatic heterocycles. The first-order valence-electron chi connectivity index (χ1n) is 11.5. The first-order chi connectivity index (χ1) is 17.9. The van der Waals surface area contributed by atoms with Gasteiger partial charge in [0.05, 0.1) is 27.4 Å². The number of nitrogens with zero attached hydrogens (tertiary/aromatic N) is 1. The number of hydrogen-bond acceptors (Lipinski definition) is 6. The molecule has 0 bridgehead atoms. The maximum atomic E-state index is 13.1. The number of anilines is 3. The minimum Gasteiger partial charge on any atom is -0.322 e. The minimum atomic E-state index is -3.96. The number of aromatic nitrogens is 1. The summed E-state index contributed by atoms with van der Waals surface area (Å²) in [6.45, 7) is 5.38. The van der Waals surface area contributed by atoms with Crippen molar-refractivity contribution in [3.8, 4) is 0 Å². The molecule has 4 aromatic rings. The van der Waals surface area contributed by atoms with Gasteiger partial charge in [-0.25, -0.2) is 16.8 Å². The summed E-state index contributed by atoms with van der Waals surface area (Å²) in [5.74, 6) is -0.544. The number of carbonyl (C=O) groups excluding carboxylic acids is 1. The van der Waals surface area contributed by atoms with E-state index in [1.54, 1.807) is 31.2 Å². The molecule has 1 amide bonds. The van der Waals surface area contributed by atoms with Crippen LogP contribution in [-0.2, 0) is 20.0 Å². The van der Waals surface area contributed by atoms with Crippen LogP contribution in [0.1, 0.15) is 27.0 Å². The maximum Gasteiger partial charge on any atom is 0.262 e. The summed E-state index contributed by atoms with van der Waals surface area (Å²) in [6, 6.07) is 18.6. The Kier molecular flexibility index (Phi) is 7.51. The van der Waals surface area contributed by atoms with Gasteiger partial charge in [0.15, 0.2) is 0 Å². The first-order valence-corrected chi connectivity index (χ1v) is 14.5. The zero-order valence-electron chi connectivity index (χ0n) is 20.9. The molecule has 0 unspecified atom stereocenters. The second-order valence-electron chi connectivity index (χ2n) is 8.73. The molecule has 0 radical (unpaired) electrons. The van der Waals surface area contributed by atoms with E-state index >= 15 is 0 Å². The van der Waals surface area contributed by atoms with Gasteiger partial charge in [-0.1, -0.05) is 23.8 Å². The maximum absolute atomic E-state index is 13.1. The summed E-state index contributed by atoms with van der Waals surface area (Å²) >= 11 is 0. The molecule has 0 saturated heterocycles. The van der Waals surface area contributed by atoms with Crippen LogP contribution >= 0.6 is 0 Å². The average molecular weight is 551 g/mol. The number of benzene rings is 3. The molecule has 3 N–H and O–H groups in total. The quantitative estimate of drug-likeness (QED) is 0.287. The molecule has 1 aromatic heterocycles. The fraction of sp³-hybridized carbons (Fsp3) is 0.111. The molecule has 0 atom stereocenters. The van der Waals surface area contributed by atoms with Crippen molar-refractivity contribution in [2.45, 2.75) is 30.6 Å². The molecule has 196 valence electrons. The summed E-state index contributed by atoms with van der Waals surface area (Å²) in [6.07, 6.45) is 2.92. The molecular weight excluding hydrogens is 524 g/mol. The van der Waals surface area contributed by atoms with E-state index in [4.69, 9.17) is 0 Å². The van der Waals surface area contributed by atoms with Crippen molar-refractivity contribution < 1.29 is 21.6 Å². The largest absolute Gasteiger partial charge is 0.322 e. The van der Waals surface area contributed by atoms with Gasteiger partial charge in [-0.05, 0) is 86.5 Å². The van der Waals surface area contributed by atoms with Gasteiger partial charge in [-0.3, -0.25) is 19.2 Å². The van der Waals surface area contributed by atoms with Crippen LogP contribution in [0.25, 0.3) is 0 Å². The summed E-state index contributed by atoms with van der Waals surface area (Å²) in [5, 5.41) is 2.67. The SMILES string of the molecule is Cc1ccc(NS(=O)(=O)c2cc(C(=O)Nc3ccc(S(=O)(=O)Nc4cccnc4)cc3)ccc2C)c(C)c1. The second-order valence-corrected chi connectivity index (χ2v) is 12.1. The minimum absolute atomic E-state index is 0.000501. The van der Waals surface area contributed by atoms with E-state index in [0.29, 0.717) is 22.6 Å². The molecule has 0 aliphatic rings. The highest BCUT2D eigenvalue weighted by molar-refractivity contribution is 7.93. The van der Waals surface area contributed by atoms with Crippen LogP contribution in [0.3, 0.4) is 0 Å². The van der Waals surface area contributed by atoms with Crippen LogP contribution in [0.4, 0.5) is 17.1 Å². The number of sulfonamides is 2. The van der Waals surface area contributed by atoms with Crippen LogP contribution in [-0.4, -0.2) is 27.7 Å². The highest BCUT2D eigenvalue weighted by Gasteiger charge is 2.21. The Labute approximate surface area is 222 Å². The third-order valence-corrected chi connectivity index (χ3v) is 8.61. The van der Waals surface area contributed by atoms with E-state index in [-0.39, 0.29) is 15.4 Å². The number of nitrogens with one attached hydrogen (secondary N) is 3. The van der Waals surface area contributed by atoms with Crippen molar-refractivity contribution in [1.29, 1.82) is 0 Å². The van der Waals surface area contributed by atoms with Gasteiger partial charge < -0.3 is 5.32 Å². The molecule has 0 spiro atoms. The van der Waals surface area contributed by atoms with E-state index < -0.39 is 26.0 Å². The van der Waals surface area contributed by atoms with Crippen LogP contribution in [0.15, 0.2) is 95.0 Å². The normalized spacial score (nSPS) is 11.6. The van der Waals surface area contributed by atoms with E-state index in [0.717, 1.165) is 11.1 Å². The van der Waals surface area contributed by atoms with Crippen LogP contribution in [0.2, 0.25) is 0 Å². The van der Waals surface area contributed by atoms with Crippen LogP contribution < -0.4 is 14.8 Å². The molecule has 38 heavy (non-hydrogen) atoms. The molecule has 0 fully saturated rings. The lowest BCUT2D eigenvalue weighted by molar-refractivity contribution is 0.102. The monoisotopic (exact) mass is 550 g/mol. The van der Waals surface area contributed by atoms with Gasteiger partial charge in [0, 0.05) is 17.4 Å². The Morgan fingerprint density at radius 1 is 0.737 bits per heavy atom. The van der Waals surface area contributed by atoms with Crippen LogP contribution in [0, 0.1) is 20.8 Å². The Morgan fingerprint density at radius 2 is 1.47 bits per heavy atom. The third kappa shape index (κ3) is 6.18. The topological polar surface area (TPSA) is 134 Å². The molecule has 1 heterocycles. The van der Waals surface area contributed by atoms with E-state index in [9.17, 15) is 21.6 Å². The van der Waals surface area contributed by atoms with Crippen molar-refractivity contribution in [1.82, 2.24) is 4.98 Å². The summed E-state index contributed by atoms with van der Waals surface area (Å²) in [7, 11) is -7.81. The number of hydrogen-bond donors (Lipinski definition) is 3. The average Bonchev–Trinajstić information content (AvgIpc) is 2.86. The number of aryl methyl sites for hydroxylation is 3. The lowest BCUT2D eigenvalue weighted by Gasteiger charge is -2.14. The summed E-state index contributed by atoms with van der Waals surface area (Å²) in [4.78, 5) is 16.8. The molecule has 4 rings (SSSR count). The number of rotatable bonds is 8. The standard InChI is InChI=1S/C27H26N4O5S2/c1-18-6-13-25(20(3)15-18)31-38(35,36)26-16-21(8-7-19(26)2)27(32)29-22-9-11-24(12-10-22)37(33,34)30-23-5-4-14-28-17-23/h4-17,30-31H,1-3H3,(H,29,32). The highest BCUT2D eigenvalue weighted by atomic mass is 32.2. The molecular formula is C27H26N4O5S2. The Bertz CT molecular complexity index is 1700. The van der Waals surface area contributed by atoms with Crippen molar-refractivity contribution in [3.63, 3.8) is 0 Å². The fourth-order valence-corrected chi connectivity index (χ4v) is 6.16. The van der Waals surface area contributed by atoms with Crippen molar-refractivity contribution >= 4 is 43.0 Å². The van der Waals surface area contributed by atoms with Gasteiger partial charge >= 0.3 is 0 Å². The zero-order valence-corrected chi connectivity index (χ0v) is 22.5. The van der Waals surface area contributed by atoms with Crippen LogP contribution in [0.5, 0.6) is 0 Å². The van der Waals surface area contributed by atoms with Gasteiger partial charge in [-0.15, -0.1) is 0 Å². The predicted molar refractivity (Wildman–Crippen MR) is 147 cm³/mol. The third-order valence-electron chi connectivity index (χ3n) is 5.70. The summed E-state index contributed by atoms with van der Waals surface area (Å²) in [5.41, 5.74) is 3.52. The molecule has 0 aliphatic carbocycles. The van der Waals surface area contributed by atoms with Gasteiger partial charge in [0.25, 0.3) is 26.0 Å². The molecule has 11 heteroatoms. The van der Waals surface area contributed by atoms with Gasteiger partial charge in [0.2, 0.25) is 0 Å². The fourth-order valence-electron chi connectivity index (χ4n) is 3.72. The summed E-state index contributed by atoms with van der Waals surface area (Å²) < 4.78 is 56.5. The van der Waals surface area contributed by atoms with Crippen molar-refractivity contribution in [2.75, 3.05) is 14.8 Å². The number of carbonyl (C=O) groups is 1. The first kappa shape index (κ1) is 26.8. The zero-order chi connectivity index (χ0) is 27.5. The predicted octanol–water partition coefficient (Wildman–Crippen LogP) is 4.86. The van der Waals surface area contributed by atoms with Crippen molar-refractivity contribution in [2.24, 2.45) is 0 Å². The molecule has 3 aromatic carbocycles. The van der Waals surface area contributed by atoms with Gasteiger partial charge in [-0.2, -0.15) is 0 Å². The Balaban J connectivity index is 1.51. The highest BCUT2D eigenvalue weighted by Crippen LogP contribution is 2.24. The number of pyridine rings is 1. The van der Waals surface area contributed by atoms with E-state index in [1.165, 1.54) is 48.8 Å². The lowest BCUT2D eigenvalue weighted by Crippen LogP contribution is -2.17. The van der Waals surface area contributed by atoms with Gasteiger partial charge in [0.1, 0.15) is 0 Å². The van der Waals surface area contributed by atoms with E-state index in [2.05, 4.69) is 19.7 Å². The Hall–Kier alpha value is -4.22. The smallest absolute Gasteiger partial charge is 0.262 e. The lowest BCUT2D eigenvalue weighted by atomic mass is 10.1. The second kappa shape index (κ2) is 10.6. The van der Waals surface area contributed by atoms with Crippen molar-refractivity contribution in [3.05, 3.63) is 107 Å². The molecule has 9 nitrogen and oxygen atoms in total.